The Morgan fingerprint density at radius 3 is 2.09 bits per heavy atom. The first-order valence-electron chi connectivity index (χ1n) is 13.9. The monoisotopic (exact) mass is 640 g/mol. The molecule has 0 bridgehead atoms. The maximum atomic E-state index is 12.4. The SMILES string of the molecule is O=C(/C=C/c1ccc(O)c(O)c1)OC[C@H]1O[C@@H](OCCc2ccc(O)c(O)c2)C(O)[C@@H](O[C@@H]2O[C@H](CO)C(O)[C@H](O)C2O)C1O. The number of benzene rings is 2. The molecule has 10 N–H and O–H groups in total. The van der Waals surface area contributed by atoms with Gasteiger partial charge in [-0.2, -0.15) is 0 Å². The molecule has 248 valence electrons. The Bertz CT molecular complexity index is 1320. The van der Waals surface area contributed by atoms with Gasteiger partial charge in [0.1, 0.15) is 55.4 Å². The highest BCUT2D eigenvalue weighted by Crippen LogP contribution is 2.31. The third kappa shape index (κ3) is 8.39. The van der Waals surface area contributed by atoms with Gasteiger partial charge < -0.3 is 74.7 Å². The van der Waals surface area contributed by atoms with Gasteiger partial charge in [-0.15, -0.1) is 0 Å². The lowest BCUT2D eigenvalue weighted by atomic mass is 9.97. The second-order valence-electron chi connectivity index (χ2n) is 10.5. The number of rotatable bonds is 11. The smallest absolute Gasteiger partial charge is 0.330 e. The molecular formula is C29H36O16. The van der Waals surface area contributed by atoms with Crippen molar-refractivity contribution >= 4 is 12.0 Å². The predicted octanol–water partition coefficient (Wildman–Crippen LogP) is -2.04. The van der Waals surface area contributed by atoms with Crippen LogP contribution in [-0.4, -0.2) is 138 Å². The summed E-state index contributed by atoms with van der Waals surface area (Å²) in [5.74, 6) is -2.31. The molecule has 2 saturated heterocycles. The molecule has 0 amide bonds. The zero-order chi connectivity index (χ0) is 32.8. The average molecular weight is 641 g/mol. The minimum Gasteiger partial charge on any atom is -0.504 e. The lowest BCUT2D eigenvalue weighted by molar-refractivity contribution is -0.360. The van der Waals surface area contributed by atoms with Crippen LogP contribution in [0.1, 0.15) is 11.1 Å². The number of hydrogen-bond donors (Lipinski definition) is 10. The van der Waals surface area contributed by atoms with E-state index >= 15 is 0 Å². The van der Waals surface area contributed by atoms with Crippen molar-refractivity contribution in [3.05, 3.63) is 53.6 Å². The van der Waals surface area contributed by atoms with Gasteiger partial charge in [0.15, 0.2) is 35.6 Å². The Labute approximate surface area is 256 Å². The summed E-state index contributed by atoms with van der Waals surface area (Å²) >= 11 is 0. The van der Waals surface area contributed by atoms with Gasteiger partial charge in [0.2, 0.25) is 0 Å². The number of carbonyl (C=O) groups is 1. The zero-order valence-corrected chi connectivity index (χ0v) is 23.6. The molecule has 0 aromatic heterocycles. The number of aromatic hydroxyl groups is 4. The van der Waals surface area contributed by atoms with Gasteiger partial charge in [0.05, 0.1) is 13.2 Å². The van der Waals surface area contributed by atoms with E-state index in [1.165, 1.54) is 42.5 Å². The fourth-order valence-electron chi connectivity index (χ4n) is 4.71. The van der Waals surface area contributed by atoms with E-state index in [0.717, 1.165) is 6.08 Å². The number of phenols is 4. The summed E-state index contributed by atoms with van der Waals surface area (Å²) in [6.07, 6.45) is -13.9. The summed E-state index contributed by atoms with van der Waals surface area (Å²) in [6, 6.07) is 7.97. The van der Waals surface area contributed by atoms with Crippen LogP contribution in [0.5, 0.6) is 23.0 Å². The van der Waals surface area contributed by atoms with Gasteiger partial charge in [0, 0.05) is 6.08 Å². The quantitative estimate of drug-likeness (QED) is 0.0720. The van der Waals surface area contributed by atoms with E-state index in [2.05, 4.69) is 0 Å². The molecule has 2 aromatic carbocycles. The van der Waals surface area contributed by atoms with Crippen molar-refractivity contribution < 1.29 is 79.5 Å². The lowest BCUT2D eigenvalue weighted by Crippen LogP contribution is -2.65. The van der Waals surface area contributed by atoms with Crippen LogP contribution in [0.25, 0.3) is 6.08 Å². The Morgan fingerprint density at radius 1 is 0.756 bits per heavy atom. The Morgan fingerprint density at radius 2 is 1.42 bits per heavy atom. The van der Waals surface area contributed by atoms with E-state index in [1.807, 2.05) is 0 Å². The van der Waals surface area contributed by atoms with E-state index in [9.17, 15) is 55.9 Å². The highest BCUT2D eigenvalue weighted by molar-refractivity contribution is 5.87. The molecule has 2 aliphatic heterocycles. The summed E-state index contributed by atoms with van der Waals surface area (Å²) in [5, 5.41) is 100. The standard InChI is InChI=1S/C29H36O16/c30-11-19-22(36)24(38)25(39)29(43-19)45-27-23(37)20(12-42-21(35)6-3-13-1-4-15(31)17(33)9-13)44-28(26(27)40)41-8-7-14-2-5-16(32)18(34)10-14/h1-6,9-10,19-20,22-34,36-40H,7-8,11-12H2/b6-3+/t19-,20-,22?,23?,24+,25?,26?,27+,28-,29+/m1/s1. The van der Waals surface area contributed by atoms with Crippen LogP contribution in [0.3, 0.4) is 0 Å². The molecule has 2 aliphatic rings. The number of ether oxygens (including phenoxy) is 5. The molecule has 0 aliphatic carbocycles. The third-order valence-corrected chi connectivity index (χ3v) is 7.30. The minimum atomic E-state index is -1.85. The number of carbonyl (C=O) groups excluding carboxylic acids is 1. The molecule has 0 radical (unpaired) electrons. The fraction of sp³-hybridized carbons (Fsp3) is 0.483. The Balaban J connectivity index is 1.45. The van der Waals surface area contributed by atoms with E-state index in [0.29, 0.717) is 11.1 Å². The largest absolute Gasteiger partial charge is 0.504 e. The fourth-order valence-corrected chi connectivity index (χ4v) is 4.71. The van der Waals surface area contributed by atoms with Crippen LogP contribution in [0, 0.1) is 0 Å². The molecule has 0 saturated carbocycles. The Kier molecular flexibility index (Phi) is 11.6. The maximum Gasteiger partial charge on any atom is 0.330 e. The van der Waals surface area contributed by atoms with Crippen LogP contribution in [0.15, 0.2) is 42.5 Å². The normalized spacial score (nSPS) is 32.0. The average Bonchev–Trinajstić information content (AvgIpc) is 3.01. The molecule has 4 rings (SSSR count). The van der Waals surface area contributed by atoms with Crippen molar-refractivity contribution in [1.82, 2.24) is 0 Å². The summed E-state index contributed by atoms with van der Waals surface area (Å²) in [7, 11) is 0. The van der Waals surface area contributed by atoms with Crippen molar-refractivity contribution in [2.45, 2.75) is 67.8 Å². The molecule has 2 aromatic rings. The molecule has 16 nitrogen and oxygen atoms in total. The maximum absolute atomic E-state index is 12.4. The van der Waals surface area contributed by atoms with Crippen LogP contribution in [-0.2, 0) is 34.9 Å². The minimum absolute atomic E-state index is 0.108. The molecule has 2 fully saturated rings. The molecule has 16 heteroatoms. The highest BCUT2D eigenvalue weighted by atomic mass is 16.7. The lowest BCUT2D eigenvalue weighted by Gasteiger charge is -2.46. The second kappa shape index (κ2) is 15.2. The van der Waals surface area contributed by atoms with Crippen molar-refractivity contribution in [2.75, 3.05) is 19.8 Å². The first-order chi connectivity index (χ1) is 21.4. The number of aliphatic hydroxyl groups excluding tert-OH is 6. The van der Waals surface area contributed by atoms with Gasteiger partial charge in [-0.3, -0.25) is 0 Å². The van der Waals surface area contributed by atoms with Crippen molar-refractivity contribution in [2.24, 2.45) is 0 Å². The zero-order valence-electron chi connectivity index (χ0n) is 23.6. The molecular weight excluding hydrogens is 604 g/mol. The molecule has 45 heavy (non-hydrogen) atoms. The van der Waals surface area contributed by atoms with Crippen molar-refractivity contribution in [3.8, 4) is 23.0 Å². The summed E-state index contributed by atoms with van der Waals surface area (Å²) < 4.78 is 27.5. The molecule has 10 atom stereocenters. The van der Waals surface area contributed by atoms with Crippen LogP contribution >= 0.6 is 0 Å². The number of aliphatic hydroxyl groups is 6. The van der Waals surface area contributed by atoms with Crippen molar-refractivity contribution in [3.63, 3.8) is 0 Å². The summed E-state index contributed by atoms with van der Waals surface area (Å²) in [6.45, 7) is -1.44. The van der Waals surface area contributed by atoms with Gasteiger partial charge in [-0.1, -0.05) is 12.1 Å². The molecule has 0 spiro atoms. The summed E-state index contributed by atoms with van der Waals surface area (Å²) in [4.78, 5) is 12.4. The number of esters is 1. The predicted molar refractivity (Wildman–Crippen MR) is 149 cm³/mol. The van der Waals surface area contributed by atoms with E-state index in [1.54, 1.807) is 0 Å². The van der Waals surface area contributed by atoms with Gasteiger partial charge in [0.25, 0.3) is 0 Å². The first kappa shape index (κ1) is 34.3. The van der Waals surface area contributed by atoms with Gasteiger partial charge in [-0.25, -0.2) is 4.79 Å². The van der Waals surface area contributed by atoms with E-state index < -0.39 is 86.3 Å². The highest BCUT2D eigenvalue weighted by Gasteiger charge is 2.51. The van der Waals surface area contributed by atoms with Crippen LogP contribution in [0.4, 0.5) is 0 Å². The van der Waals surface area contributed by atoms with Gasteiger partial charge >= 0.3 is 5.97 Å². The van der Waals surface area contributed by atoms with Crippen LogP contribution in [0.2, 0.25) is 0 Å². The number of phenolic OH excluding ortho intramolecular Hbond substituents is 4. The van der Waals surface area contributed by atoms with Gasteiger partial charge in [-0.05, 0) is 47.9 Å². The van der Waals surface area contributed by atoms with Crippen molar-refractivity contribution in [1.29, 1.82) is 0 Å². The topological polar surface area (TPSA) is 266 Å². The van der Waals surface area contributed by atoms with Crippen LogP contribution < -0.4 is 0 Å². The molecule has 2 heterocycles. The Hall–Kier alpha value is -3.55. The molecule has 4 unspecified atom stereocenters. The summed E-state index contributed by atoms with van der Waals surface area (Å²) in [5.41, 5.74) is 0.923. The number of hydrogen-bond acceptors (Lipinski definition) is 16. The van der Waals surface area contributed by atoms with E-state index in [-0.39, 0.29) is 30.3 Å². The first-order valence-corrected chi connectivity index (χ1v) is 13.9. The second-order valence-corrected chi connectivity index (χ2v) is 10.5. The van der Waals surface area contributed by atoms with E-state index in [4.69, 9.17) is 23.7 Å². The third-order valence-electron chi connectivity index (χ3n) is 7.30.